The van der Waals surface area contributed by atoms with Gasteiger partial charge in [-0.05, 0) is 31.0 Å². The zero-order valence-electron chi connectivity index (χ0n) is 11.8. The van der Waals surface area contributed by atoms with E-state index < -0.39 is 16.1 Å². The van der Waals surface area contributed by atoms with Crippen LogP contribution in [-0.2, 0) is 14.8 Å². The fourth-order valence-electron chi connectivity index (χ4n) is 2.35. The van der Waals surface area contributed by atoms with E-state index in [0.717, 1.165) is 6.42 Å². The first-order chi connectivity index (χ1) is 9.46. The van der Waals surface area contributed by atoms with Gasteiger partial charge in [0.1, 0.15) is 0 Å². The minimum absolute atomic E-state index is 0.121. The van der Waals surface area contributed by atoms with E-state index in [-0.39, 0.29) is 10.9 Å². The molecule has 0 saturated carbocycles. The van der Waals surface area contributed by atoms with E-state index >= 15 is 0 Å². The first-order valence-electron chi connectivity index (χ1n) is 6.84. The predicted octanol–water partition coefficient (Wildman–Crippen LogP) is 1.54. The zero-order chi connectivity index (χ0) is 14.8. The van der Waals surface area contributed by atoms with Gasteiger partial charge in [-0.25, -0.2) is 8.42 Å². The Morgan fingerprint density at radius 3 is 2.90 bits per heavy atom. The lowest BCUT2D eigenvalue weighted by molar-refractivity contribution is 0.0314. The molecule has 0 spiro atoms. The highest BCUT2D eigenvalue weighted by Crippen LogP contribution is 2.24. The normalized spacial score (nSPS) is 22.6. The second-order valence-corrected chi connectivity index (χ2v) is 6.89. The number of rotatable bonds is 4. The molecule has 1 aliphatic heterocycles. The van der Waals surface area contributed by atoms with Crippen molar-refractivity contribution in [1.29, 1.82) is 0 Å². The molecule has 0 amide bonds. The topological polar surface area (TPSA) is 66.8 Å². The molecule has 1 aromatic rings. The van der Waals surface area contributed by atoms with Crippen LogP contribution in [0.4, 0.5) is 0 Å². The standard InChI is InChI=1S/C14H21NO4S/c1-3-13-10-19-8-7-15(13)20(17,18)14-6-4-5-12(9-14)11(2)16/h4-6,9,11,13,16H,3,7-8,10H2,1-2H3. The lowest BCUT2D eigenvalue weighted by atomic mass is 10.1. The Balaban J connectivity index is 2.36. The third-order valence-electron chi connectivity index (χ3n) is 3.59. The van der Waals surface area contributed by atoms with Gasteiger partial charge in [-0.15, -0.1) is 0 Å². The minimum atomic E-state index is -3.54. The van der Waals surface area contributed by atoms with E-state index in [1.54, 1.807) is 31.2 Å². The number of nitrogens with zero attached hydrogens (tertiary/aromatic N) is 1. The van der Waals surface area contributed by atoms with Gasteiger partial charge in [0.2, 0.25) is 10.0 Å². The van der Waals surface area contributed by atoms with Gasteiger partial charge in [-0.1, -0.05) is 19.1 Å². The first-order valence-corrected chi connectivity index (χ1v) is 8.28. The van der Waals surface area contributed by atoms with Crippen molar-refractivity contribution in [3.05, 3.63) is 29.8 Å². The van der Waals surface area contributed by atoms with Crippen molar-refractivity contribution < 1.29 is 18.3 Å². The molecule has 0 bridgehead atoms. The van der Waals surface area contributed by atoms with Gasteiger partial charge in [0.05, 0.1) is 24.2 Å². The summed E-state index contributed by atoms with van der Waals surface area (Å²) >= 11 is 0. The Morgan fingerprint density at radius 2 is 2.25 bits per heavy atom. The highest BCUT2D eigenvalue weighted by atomic mass is 32.2. The molecule has 1 aromatic carbocycles. The Labute approximate surface area is 120 Å². The van der Waals surface area contributed by atoms with E-state index in [9.17, 15) is 13.5 Å². The van der Waals surface area contributed by atoms with Crippen LogP contribution in [0.25, 0.3) is 0 Å². The van der Waals surface area contributed by atoms with E-state index in [1.165, 1.54) is 4.31 Å². The van der Waals surface area contributed by atoms with Crippen molar-refractivity contribution in [2.75, 3.05) is 19.8 Å². The number of sulfonamides is 1. The second kappa shape index (κ2) is 6.22. The summed E-state index contributed by atoms with van der Waals surface area (Å²) in [6.45, 7) is 4.81. The molecule has 2 unspecified atom stereocenters. The molecule has 112 valence electrons. The molecule has 0 aliphatic carbocycles. The summed E-state index contributed by atoms with van der Waals surface area (Å²) in [6.07, 6.45) is 0.0341. The average Bonchev–Trinajstić information content (AvgIpc) is 2.47. The van der Waals surface area contributed by atoms with Crippen LogP contribution in [0.5, 0.6) is 0 Å². The number of benzene rings is 1. The zero-order valence-corrected chi connectivity index (χ0v) is 12.6. The molecule has 1 N–H and O–H groups in total. The summed E-state index contributed by atoms with van der Waals surface area (Å²) in [5, 5.41) is 9.59. The van der Waals surface area contributed by atoms with Gasteiger partial charge < -0.3 is 9.84 Å². The maximum atomic E-state index is 12.7. The second-order valence-electron chi connectivity index (χ2n) is 5.00. The van der Waals surface area contributed by atoms with Crippen LogP contribution in [0, 0.1) is 0 Å². The molecule has 20 heavy (non-hydrogen) atoms. The van der Waals surface area contributed by atoms with Crippen LogP contribution < -0.4 is 0 Å². The number of aliphatic hydroxyl groups is 1. The lowest BCUT2D eigenvalue weighted by Crippen LogP contribution is -2.48. The summed E-state index contributed by atoms with van der Waals surface area (Å²) < 4.78 is 32.3. The molecule has 1 fully saturated rings. The first kappa shape index (κ1) is 15.4. The van der Waals surface area contributed by atoms with Crippen LogP contribution in [0.1, 0.15) is 31.9 Å². The highest BCUT2D eigenvalue weighted by Gasteiger charge is 2.33. The number of morpholine rings is 1. The summed E-state index contributed by atoms with van der Waals surface area (Å²) in [7, 11) is -3.54. The fraction of sp³-hybridized carbons (Fsp3) is 0.571. The van der Waals surface area contributed by atoms with Gasteiger partial charge in [-0.3, -0.25) is 0 Å². The molecule has 2 atom stereocenters. The fourth-order valence-corrected chi connectivity index (χ4v) is 4.07. The molecule has 1 aliphatic rings. The summed E-state index contributed by atoms with van der Waals surface area (Å²) in [4.78, 5) is 0.233. The van der Waals surface area contributed by atoms with Crippen molar-refractivity contribution in [3.8, 4) is 0 Å². The monoisotopic (exact) mass is 299 g/mol. The van der Waals surface area contributed by atoms with Crippen molar-refractivity contribution >= 4 is 10.0 Å². The predicted molar refractivity (Wildman–Crippen MR) is 75.9 cm³/mol. The number of aliphatic hydroxyl groups excluding tert-OH is 1. The number of hydrogen-bond donors (Lipinski definition) is 1. The summed E-state index contributed by atoms with van der Waals surface area (Å²) in [5.74, 6) is 0. The molecule has 1 saturated heterocycles. The Kier molecular flexibility index (Phi) is 4.80. The smallest absolute Gasteiger partial charge is 0.243 e. The van der Waals surface area contributed by atoms with Crippen molar-refractivity contribution in [1.82, 2.24) is 4.31 Å². The van der Waals surface area contributed by atoms with E-state index in [0.29, 0.717) is 25.3 Å². The van der Waals surface area contributed by atoms with Crippen LogP contribution in [0.3, 0.4) is 0 Å². The van der Waals surface area contributed by atoms with Crippen molar-refractivity contribution in [2.45, 2.75) is 37.3 Å². The van der Waals surface area contributed by atoms with Gasteiger partial charge in [0.25, 0.3) is 0 Å². The minimum Gasteiger partial charge on any atom is -0.389 e. The van der Waals surface area contributed by atoms with Crippen LogP contribution in [-0.4, -0.2) is 43.6 Å². The maximum absolute atomic E-state index is 12.7. The van der Waals surface area contributed by atoms with Crippen molar-refractivity contribution in [3.63, 3.8) is 0 Å². The largest absolute Gasteiger partial charge is 0.389 e. The molecule has 6 heteroatoms. The summed E-state index contributed by atoms with van der Waals surface area (Å²) in [5.41, 5.74) is 0.604. The molecule has 5 nitrogen and oxygen atoms in total. The van der Waals surface area contributed by atoms with Crippen LogP contribution in [0.15, 0.2) is 29.2 Å². The average molecular weight is 299 g/mol. The van der Waals surface area contributed by atoms with E-state index in [4.69, 9.17) is 4.74 Å². The third-order valence-corrected chi connectivity index (χ3v) is 5.54. The van der Waals surface area contributed by atoms with Crippen LogP contribution in [0.2, 0.25) is 0 Å². The molecular formula is C14H21NO4S. The SMILES string of the molecule is CCC1COCCN1S(=O)(=O)c1cccc(C(C)O)c1. The molecular weight excluding hydrogens is 278 g/mol. The van der Waals surface area contributed by atoms with Crippen molar-refractivity contribution in [2.24, 2.45) is 0 Å². The van der Waals surface area contributed by atoms with Gasteiger partial charge in [0, 0.05) is 12.6 Å². The van der Waals surface area contributed by atoms with Gasteiger partial charge in [0.15, 0.2) is 0 Å². The van der Waals surface area contributed by atoms with Crippen LogP contribution >= 0.6 is 0 Å². The number of hydrogen-bond acceptors (Lipinski definition) is 4. The van der Waals surface area contributed by atoms with E-state index in [2.05, 4.69) is 0 Å². The lowest BCUT2D eigenvalue weighted by Gasteiger charge is -2.34. The highest BCUT2D eigenvalue weighted by molar-refractivity contribution is 7.89. The molecule has 0 radical (unpaired) electrons. The summed E-state index contributed by atoms with van der Waals surface area (Å²) in [6, 6.07) is 6.38. The Bertz CT molecular complexity index is 556. The number of ether oxygens (including phenoxy) is 1. The molecule has 0 aromatic heterocycles. The molecule has 1 heterocycles. The van der Waals surface area contributed by atoms with Gasteiger partial charge in [-0.2, -0.15) is 4.31 Å². The maximum Gasteiger partial charge on any atom is 0.243 e. The van der Waals surface area contributed by atoms with E-state index in [1.807, 2.05) is 6.92 Å². The Morgan fingerprint density at radius 1 is 1.50 bits per heavy atom. The Hall–Kier alpha value is -0.950. The quantitative estimate of drug-likeness (QED) is 0.916. The van der Waals surface area contributed by atoms with Gasteiger partial charge >= 0.3 is 0 Å². The molecule has 2 rings (SSSR count). The third kappa shape index (κ3) is 3.03.